The maximum absolute atomic E-state index is 12.1. The van der Waals surface area contributed by atoms with Crippen molar-refractivity contribution in [3.05, 3.63) is 35.9 Å². The number of hydrogen-bond acceptors (Lipinski definition) is 3. The molecule has 0 aliphatic heterocycles. The van der Waals surface area contributed by atoms with E-state index in [1.165, 1.54) is 0 Å². The number of rotatable bonds is 6. The molecule has 6 heteroatoms. The van der Waals surface area contributed by atoms with Crippen LogP contribution in [0.15, 0.2) is 24.5 Å². The SMILES string of the molecule is Cc1cc(C)n([C@@H](C)CNC(=O)[C@H](C)Cn2cccn2)n1. The molecule has 1 N–H and O–H groups in total. The Hall–Kier alpha value is -2.11. The molecule has 0 aliphatic carbocycles. The minimum absolute atomic E-state index is 0.0406. The predicted octanol–water partition coefficient (Wildman–Crippen LogP) is 1.71. The molecule has 0 radical (unpaired) electrons. The van der Waals surface area contributed by atoms with Crippen LogP contribution >= 0.6 is 0 Å². The van der Waals surface area contributed by atoms with Crippen molar-refractivity contribution < 1.29 is 4.79 Å². The number of aryl methyl sites for hydroxylation is 2. The lowest BCUT2D eigenvalue weighted by Crippen LogP contribution is -2.35. The Morgan fingerprint density at radius 3 is 2.71 bits per heavy atom. The first-order valence-corrected chi connectivity index (χ1v) is 7.25. The minimum atomic E-state index is -0.113. The largest absolute Gasteiger partial charge is 0.354 e. The summed E-state index contributed by atoms with van der Waals surface area (Å²) in [5.41, 5.74) is 2.11. The Labute approximate surface area is 125 Å². The molecule has 2 aromatic heterocycles. The molecule has 21 heavy (non-hydrogen) atoms. The average Bonchev–Trinajstić information content (AvgIpc) is 3.05. The zero-order valence-electron chi connectivity index (χ0n) is 13.1. The van der Waals surface area contributed by atoms with Gasteiger partial charge >= 0.3 is 0 Å². The fraction of sp³-hybridized carbons (Fsp3) is 0.533. The Kier molecular flexibility index (Phi) is 4.77. The van der Waals surface area contributed by atoms with Gasteiger partial charge in [-0.25, -0.2) is 0 Å². The molecular formula is C15H23N5O. The van der Waals surface area contributed by atoms with E-state index in [4.69, 9.17) is 0 Å². The van der Waals surface area contributed by atoms with Gasteiger partial charge in [-0.3, -0.25) is 14.2 Å². The van der Waals surface area contributed by atoms with E-state index in [1.807, 2.05) is 43.8 Å². The first-order valence-electron chi connectivity index (χ1n) is 7.25. The summed E-state index contributed by atoms with van der Waals surface area (Å²) in [6.45, 7) is 9.12. The normalized spacial score (nSPS) is 13.9. The van der Waals surface area contributed by atoms with Crippen LogP contribution in [0.25, 0.3) is 0 Å². The highest BCUT2D eigenvalue weighted by atomic mass is 16.1. The minimum Gasteiger partial charge on any atom is -0.354 e. The molecule has 0 unspecified atom stereocenters. The Bertz CT molecular complexity index is 587. The molecule has 2 aromatic rings. The molecule has 2 atom stereocenters. The lowest BCUT2D eigenvalue weighted by molar-refractivity contribution is -0.125. The molecule has 2 rings (SSSR count). The van der Waals surface area contributed by atoms with Gasteiger partial charge in [-0.1, -0.05) is 6.92 Å². The van der Waals surface area contributed by atoms with Crippen LogP contribution in [-0.4, -0.2) is 32.0 Å². The summed E-state index contributed by atoms with van der Waals surface area (Å²) < 4.78 is 3.72. The van der Waals surface area contributed by atoms with E-state index in [2.05, 4.69) is 22.4 Å². The van der Waals surface area contributed by atoms with Gasteiger partial charge in [0.2, 0.25) is 5.91 Å². The van der Waals surface area contributed by atoms with Gasteiger partial charge in [0, 0.05) is 24.6 Å². The van der Waals surface area contributed by atoms with E-state index in [1.54, 1.807) is 10.9 Å². The number of carbonyl (C=O) groups excluding carboxylic acids is 1. The predicted molar refractivity (Wildman–Crippen MR) is 80.8 cm³/mol. The third kappa shape index (κ3) is 3.93. The fourth-order valence-corrected chi connectivity index (χ4v) is 2.37. The summed E-state index contributed by atoms with van der Waals surface area (Å²) >= 11 is 0. The van der Waals surface area contributed by atoms with Gasteiger partial charge in [-0.05, 0) is 32.9 Å². The van der Waals surface area contributed by atoms with Crippen LogP contribution in [0.3, 0.4) is 0 Å². The van der Waals surface area contributed by atoms with E-state index < -0.39 is 0 Å². The molecule has 1 amide bonds. The molecule has 114 valence electrons. The van der Waals surface area contributed by atoms with Crippen LogP contribution in [0.2, 0.25) is 0 Å². The quantitative estimate of drug-likeness (QED) is 0.880. The Morgan fingerprint density at radius 1 is 1.38 bits per heavy atom. The number of nitrogens with zero attached hydrogens (tertiary/aromatic N) is 4. The number of aromatic nitrogens is 4. The van der Waals surface area contributed by atoms with Crippen molar-refractivity contribution in [1.82, 2.24) is 24.9 Å². The highest BCUT2D eigenvalue weighted by molar-refractivity contribution is 5.78. The third-order valence-electron chi connectivity index (χ3n) is 3.50. The van der Waals surface area contributed by atoms with Crippen molar-refractivity contribution in [2.75, 3.05) is 6.54 Å². The van der Waals surface area contributed by atoms with Crippen LogP contribution in [-0.2, 0) is 11.3 Å². The fourth-order valence-electron chi connectivity index (χ4n) is 2.37. The summed E-state index contributed by atoms with van der Waals surface area (Å²) in [5.74, 6) is -0.0727. The molecule has 0 spiro atoms. The van der Waals surface area contributed by atoms with Crippen molar-refractivity contribution in [2.45, 2.75) is 40.3 Å². The van der Waals surface area contributed by atoms with Gasteiger partial charge in [0.15, 0.2) is 0 Å². The molecule has 0 saturated carbocycles. The highest BCUT2D eigenvalue weighted by Gasteiger charge is 2.16. The molecule has 0 aromatic carbocycles. The first kappa shape index (κ1) is 15.3. The summed E-state index contributed by atoms with van der Waals surface area (Å²) in [6, 6.07) is 4.04. The van der Waals surface area contributed by atoms with Gasteiger partial charge in [-0.15, -0.1) is 0 Å². The Balaban J connectivity index is 1.84. The maximum atomic E-state index is 12.1. The van der Waals surface area contributed by atoms with E-state index in [0.29, 0.717) is 13.1 Å². The molecule has 0 saturated heterocycles. The summed E-state index contributed by atoms with van der Waals surface area (Å²) in [6.07, 6.45) is 3.58. The van der Waals surface area contributed by atoms with Crippen molar-refractivity contribution >= 4 is 5.91 Å². The van der Waals surface area contributed by atoms with Gasteiger partial charge in [0.1, 0.15) is 0 Å². The second-order valence-electron chi connectivity index (χ2n) is 5.59. The summed E-state index contributed by atoms with van der Waals surface area (Å²) in [4.78, 5) is 12.1. The molecule has 0 fully saturated rings. The van der Waals surface area contributed by atoms with Gasteiger partial charge in [0.05, 0.1) is 24.2 Å². The van der Waals surface area contributed by atoms with Crippen molar-refractivity contribution in [2.24, 2.45) is 5.92 Å². The average molecular weight is 289 g/mol. The summed E-state index contributed by atoms with van der Waals surface area (Å²) in [7, 11) is 0. The first-order chi connectivity index (χ1) is 9.97. The van der Waals surface area contributed by atoms with E-state index in [-0.39, 0.29) is 17.9 Å². The van der Waals surface area contributed by atoms with Gasteiger partial charge in [-0.2, -0.15) is 10.2 Å². The monoisotopic (exact) mass is 289 g/mol. The van der Waals surface area contributed by atoms with Crippen LogP contribution in [0.1, 0.15) is 31.3 Å². The standard InChI is InChI=1S/C15H23N5O/c1-11(10-19-7-5-6-17-19)15(21)16-9-14(4)20-13(3)8-12(2)18-20/h5-8,11,14H,9-10H2,1-4H3,(H,16,21)/t11-,14+/m1/s1. The zero-order chi connectivity index (χ0) is 15.4. The van der Waals surface area contributed by atoms with Crippen LogP contribution < -0.4 is 5.32 Å². The van der Waals surface area contributed by atoms with Crippen molar-refractivity contribution in [3.63, 3.8) is 0 Å². The maximum Gasteiger partial charge on any atom is 0.224 e. The highest BCUT2D eigenvalue weighted by Crippen LogP contribution is 2.10. The molecular weight excluding hydrogens is 266 g/mol. The number of carbonyl (C=O) groups is 1. The van der Waals surface area contributed by atoms with E-state index >= 15 is 0 Å². The third-order valence-corrected chi connectivity index (χ3v) is 3.50. The topological polar surface area (TPSA) is 64.7 Å². The lowest BCUT2D eigenvalue weighted by atomic mass is 10.1. The smallest absolute Gasteiger partial charge is 0.224 e. The molecule has 2 heterocycles. The summed E-state index contributed by atoms with van der Waals surface area (Å²) in [5, 5.41) is 11.6. The number of amides is 1. The van der Waals surface area contributed by atoms with Gasteiger partial charge in [0.25, 0.3) is 0 Å². The van der Waals surface area contributed by atoms with Crippen molar-refractivity contribution in [1.29, 1.82) is 0 Å². The van der Waals surface area contributed by atoms with Crippen molar-refractivity contribution in [3.8, 4) is 0 Å². The second kappa shape index (κ2) is 6.56. The van der Waals surface area contributed by atoms with E-state index in [0.717, 1.165) is 11.4 Å². The van der Waals surface area contributed by atoms with Crippen LogP contribution in [0, 0.1) is 19.8 Å². The Morgan fingerprint density at radius 2 is 2.14 bits per heavy atom. The number of hydrogen-bond donors (Lipinski definition) is 1. The van der Waals surface area contributed by atoms with Gasteiger partial charge < -0.3 is 5.32 Å². The molecule has 0 aliphatic rings. The lowest BCUT2D eigenvalue weighted by Gasteiger charge is -2.17. The van der Waals surface area contributed by atoms with Crippen LogP contribution in [0.5, 0.6) is 0 Å². The molecule has 0 bridgehead atoms. The van der Waals surface area contributed by atoms with Crippen LogP contribution in [0.4, 0.5) is 0 Å². The number of nitrogens with one attached hydrogen (secondary N) is 1. The van der Waals surface area contributed by atoms with E-state index in [9.17, 15) is 4.79 Å². The second-order valence-corrected chi connectivity index (χ2v) is 5.59. The zero-order valence-corrected chi connectivity index (χ0v) is 13.1. The molecule has 6 nitrogen and oxygen atoms in total.